The third kappa shape index (κ3) is 2.08. The van der Waals surface area contributed by atoms with Gasteiger partial charge in [0.15, 0.2) is 0 Å². The molecule has 2 aromatic carbocycles. The van der Waals surface area contributed by atoms with Crippen LogP contribution in [0.25, 0.3) is 22.1 Å². The van der Waals surface area contributed by atoms with Gasteiger partial charge in [-0.2, -0.15) is 0 Å². The van der Waals surface area contributed by atoms with Crippen molar-refractivity contribution in [1.29, 1.82) is 0 Å². The molecule has 0 spiro atoms. The molecule has 0 fully saturated rings. The number of benzene rings is 2. The van der Waals surface area contributed by atoms with Crippen LogP contribution in [-0.4, -0.2) is 0 Å². The van der Waals surface area contributed by atoms with E-state index in [1.54, 1.807) is 0 Å². The molecule has 0 aliphatic heterocycles. The first kappa shape index (κ1) is 14.9. The smallest absolute Gasteiger partial charge is 0.138 e. The Morgan fingerprint density at radius 1 is 0.727 bits per heavy atom. The van der Waals surface area contributed by atoms with Crippen molar-refractivity contribution >= 4 is 11.0 Å². The van der Waals surface area contributed by atoms with Gasteiger partial charge in [-0.15, -0.1) is 0 Å². The van der Waals surface area contributed by atoms with Gasteiger partial charge in [0.2, 0.25) is 0 Å². The summed E-state index contributed by atoms with van der Waals surface area (Å²) in [6.07, 6.45) is 0. The molecule has 1 nitrogen and oxygen atoms in total. The molecular weight excluding hydrogens is 268 g/mol. The van der Waals surface area contributed by atoms with Crippen molar-refractivity contribution in [3.05, 3.63) is 64.3 Å². The van der Waals surface area contributed by atoms with Gasteiger partial charge in [0.1, 0.15) is 11.3 Å². The number of hydrogen-bond donors (Lipinski definition) is 0. The molecular formula is C21H23O. The van der Waals surface area contributed by atoms with E-state index in [-0.39, 0.29) is 0 Å². The fraction of sp³-hybridized carbons (Fsp3) is 0.286. The van der Waals surface area contributed by atoms with E-state index in [0.717, 1.165) is 16.9 Å². The molecule has 1 radical (unpaired) electrons. The van der Waals surface area contributed by atoms with Crippen LogP contribution in [0.1, 0.15) is 39.1 Å². The highest BCUT2D eigenvalue weighted by atomic mass is 16.3. The predicted octanol–water partition coefficient (Wildman–Crippen LogP) is 6.13. The van der Waals surface area contributed by atoms with Crippen molar-refractivity contribution in [2.24, 2.45) is 0 Å². The Labute approximate surface area is 133 Å². The van der Waals surface area contributed by atoms with Crippen LogP contribution in [-0.2, 0) is 0 Å². The molecule has 1 aromatic heterocycles. The number of fused-ring (bicyclic) bond motifs is 1. The highest BCUT2D eigenvalue weighted by Crippen LogP contribution is 2.41. The summed E-state index contributed by atoms with van der Waals surface area (Å²) < 4.78 is 6.08. The SMILES string of the molecule is [CH2]c1oc2c(C)c(C)cc(C)c2c1-c1c(C)cc(C)cc1C. The topological polar surface area (TPSA) is 13.1 Å². The van der Waals surface area contributed by atoms with E-state index >= 15 is 0 Å². The van der Waals surface area contributed by atoms with Crippen molar-refractivity contribution in [1.82, 2.24) is 0 Å². The lowest BCUT2D eigenvalue weighted by Gasteiger charge is -2.12. The highest BCUT2D eigenvalue weighted by Gasteiger charge is 2.20. The van der Waals surface area contributed by atoms with Gasteiger partial charge in [0.25, 0.3) is 0 Å². The van der Waals surface area contributed by atoms with Crippen molar-refractivity contribution < 1.29 is 4.42 Å². The molecule has 3 rings (SSSR count). The van der Waals surface area contributed by atoms with Crippen molar-refractivity contribution in [2.75, 3.05) is 0 Å². The summed E-state index contributed by atoms with van der Waals surface area (Å²) in [5, 5.41) is 1.21. The fourth-order valence-electron chi connectivity index (χ4n) is 3.64. The number of aryl methyl sites for hydroxylation is 6. The minimum absolute atomic E-state index is 0.766. The number of hydrogen-bond acceptors (Lipinski definition) is 1. The summed E-state index contributed by atoms with van der Waals surface area (Å²) in [7, 11) is 0. The third-order valence-electron chi connectivity index (χ3n) is 4.67. The van der Waals surface area contributed by atoms with Crippen LogP contribution < -0.4 is 0 Å². The second kappa shape index (κ2) is 5.01. The molecule has 0 aliphatic rings. The molecule has 22 heavy (non-hydrogen) atoms. The second-order valence-electron chi connectivity index (χ2n) is 6.51. The summed E-state index contributed by atoms with van der Waals surface area (Å²) in [6.45, 7) is 17.1. The molecule has 0 N–H and O–H groups in total. The Morgan fingerprint density at radius 2 is 1.32 bits per heavy atom. The van der Waals surface area contributed by atoms with Crippen LogP contribution in [0.3, 0.4) is 0 Å². The third-order valence-corrected chi connectivity index (χ3v) is 4.67. The Balaban J connectivity index is 2.48. The minimum Gasteiger partial charge on any atom is -0.460 e. The van der Waals surface area contributed by atoms with E-state index in [9.17, 15) is 0 Å². The zero-order valence-electron chi connectivity index (χ0n) is 14.3. The Hall–Kier alpha value is -2.02. The molecule has 0 atom stereocenters. The average molecular weight is 291 g/mol. The summed E-state index contributed by atoms with van der Waals surface area (Å²) in [4.78, 5) is 0. The van der Waals surface area contributed by atoms with Crippen LogP contribution >= 0.6 is 0 Å². The first-order valence-corrected chi connectivity index (χ1v) is 7.74. The molecule has 0 bridgehead atoms. The first-order chi connectivity index (χ1) is 10.3. The van der Waals surface area contributed by atoms with Crippen molar-refractivity contribution in [3.63, 3.8) is 0 Å². The molecule has 1 heteroatoms. The normalized spacial score (nSPS) is 11.4. The first-order valence-electron chi connectivity index (χ1n) is 7.74. The molecule has 0 amide bonds. The molecule has 0 saturated carbocycles. The van der Waals surface area contributed by atoms with Crippen LogP contribution in [0.4, 0.5) is 0 Å². The Kier molecular flexibility index (Phi) is 3.40. The van der Waals surface area contributed by atoms with E-state index < -0.39 is 0 Å². The lowest BCUT2D eigenvalue weighted by Crippen LogP contribution is -1.92. The average Bonchev–Trinajstić information content (AvgIpc) is 2.74. The van der Waals surface area contributed by atoms with Gasteiger partial charge < -0.3 is 4.42 Å². The van der Waals surface area contributed by atoms with Gasteiger partial charge in [-0.05, 0) is 74.9 Å². The maximum atomic E-state index is 6.08. The summed E-state index contributed by atoms with van der Waals surface area (Å²) in [6, 6.07) is 6.71. The van der Waals surface area contributed by atoms with E-state index in [2.05, 4.69) is 66.7 Å². The van der Waals surface area contributed by atoms with Crippen LogP contribution in [0.2, 0.25) is 0 Å². The molecule has 0 saturated heterocycles. The zero-order valence-corrected chi connectivity index (χ0v) is 14.3. The second-order valence-corrected chi connectivity index (χ2v) is 6.51. The van der Waals surface area contributed by atoms with Crippen molar-refractivity contribution in [3.8, 4) is 11.1 Å². The van der Waals surface area contributed by atoms with Gasteiger partial charge in [-0.1, -0.05) is 23.8 Å². The van der Waals surface area contributed by atoms with Crippen LogP contribution in [0.5, 0.6) is 0 Å². The van der Waals surface area contributed by atoms with Crippen LogP contribution in [0, 0.1) is 48.5 Å². The van der Waals surface area contributed by atoms with E-state index in [1.807, 2.05) is 0 Å². The lowest BCUT2D eigenvalue weighted by atomic mass is 9.90. The van der Waals surface area contributed by atoms with E-state index in [1.165, 1.54) is 44.3 Å². The Bertz CT molecular complexity index is 871. The van der Waals surface area contributed by atoms with Gasteiger partial charge in [-0.3, -0.25) is 0 Å². The van der Waals surface area contributed by atoms with Crippen molar-refractivity contribution in [2.45, 2.75) is 41.5 Å². The van der Waals surface area contributed by atoms with Gasteiger partial charge >= 0.3 is 0 Å². The predicted molar refractivity (Wildman–Crippen MR) is 94.5 cm³/mol. The number of rotatable bonds is 1. The summed E-state index contributed by atoms with van der Waals surface area (Å²) >= 11 is 0. The standard InChI is InChI=1S/C21H23O/c1-11-8-13(3)18(14(4)9-11)20-17(7)22-21-16(6)12(2)10-15(5)19(20)21/h8-10H,7H2,1-6H3. The van der Waals surface area contributed by atoms with Gasteiger partial charge in [0.05, 0.1) is 0 Å². The zero-order chi connectivity index (χ0) is 16.2. The van der Waals surface area contributed by atoms with Crippen LogP contribution in [0.15, 0.2) is 22.6 Å². The summed E-state index contributed by atoms with van der Waals surface area (Å²) in [5.41, 5.74) is 11.0. The molecule has 1 heterocycles. The lowest BCUT2D eigenvalue weighted by molar-refractivity contribution is 0.593. The maximum absolute atomic E-state index is 6.08. The Morgan fingerprint density at radius 3 is 1.91 bits per heavy atom. The number of furan rings is 1. The largest absolute Gasteiger partial charge is 0.460 e. The monoisotopic (exact) mass is 291 g/mol. The molecule has 0 unspecified atom stereocenters. The summed E-state index contributed by atoms with van der Waals surface area (Å²) in [5.74, 6) is 0.766. The van der Waals surface area contributed by atoms with Gasteiger partial charge in [-0.25, -0.2) is 0 Å². The quantitative estimate of drug-likeness (QED) is 0.525. The fourth-order valence-corrected chi connectivity index (χ4v) is 3.64. The van der Waals surface area contributed by atoms with E-state index in [0.29, 0.717) is 0 Å². The van der Waals surface area contributed by atoms with E-state index in [4.69, 9.17) is 4.42 Å². The maximum Gasteiger partial charge on any atom is 0.138 e. The minimum atomic E-state index is 0.766. The molecule has 0 aliphatic carbocycles. The van der Waals surface area contributed by atoms with Gasteiger partial charge in [0, 0.05) is 17.9 Å². The highest BCUT2D eigenvalue weighted by molar-refractivity contribution is 6.01. The molecule has 3 aromatic rings. The molecule has 113 valence electrons.